The van der Waals surface area contributed by atoms with Crippen LogP contribution < -0.4 is 5.32 Å². The van der Waals surface area contributed by atoms with Crippen LogP contribution >= 0.6 is 0 Å². The highest BCUT2D eigenvalue weighted by Crippen LogP contribution is 2.53. The van der Waals surface area contributed by atoms with Crippen LogP contribution in [0.4, 0.5) is 5.69 Å². The van der Waals surface area contributed by atoms with Crippen molar-refractivity contribution >= 4 is 29.4 Å². The van der Waals surface area contributed by atoms with Gasteiger partial charge in [0.2, 0.25) is 11.8 Å². The highest BCUT2D eigenvalue weighted by molar-refractivity contribution is 6.09. The molecule has 7 heteroatoms. The maximum atomic E-state index is 13.4. The molecule has 180 valence electrons. The molecule has 0 unspecified atom stereocenters. The molecule has 1 saturated carbocycles. The molecule has 5 atom stereocenters. The lowest BCUT2D eigenvalue weighted by Crippen LogP contribution is -2.48. The zero-order valence-corrected chi connectivity index (χ0v) is 19.8. The second-order valence-corrected chi connectivity index (χ2v) is 9.66. The molecule has 35 heavy (non-hydrogen) atoms. The summed E-state index contributed by atoms with van der Waals surface area (Å²) in [5.41, 5.74) is 3.40. The predicted molar refractivity (Wildman–Crippen MR) is 129 cm³/mol. The molecule has 2 fully saturated rings. The Balaban J connectivity index is 1.32. The summed E-state index contributed by atoms with van der Waals surface area (Å²) in [6, 6.07) is 13.6. The molecule has 5 rings (SSSR count). The number of carbonyl (C=O) groups is 4. The molecule has 2 aliphatic carbocycles. The maximum absolute atomic E-state index is 13.4. The molecule has 1 N–H and O–H groups in total. The number of ether oxygens (including phenoxy) is 1. The molecule has 3 amide bonds. The third-order valence-corrected chi connectivity index (χ3v) is 7.58. The number of carbonyl (C=O) groups excluding carboxylic acids is 4. The Bertz CT molecular complexity index is 1190. The van der Waals surface area contributed by atoms with E-state index in [1.165, 1.54) is 0 Å². The van der Waals surface area contributed by atoms with E-state index in [-0.39, 0.29) is 30.1 Å². The van der Waals surface area contributed by atoms with Crippen LogP contribution in [0.25, 0.3) is 0 Å². The Kier molecular flexibility index (Phi) is 6.01. The summed E-state index contributed by atoms with van der Waals surface area (Å²) in [6.45, 7) is 3.34. The Morgan fingerprint density at radius 1 is 0.971 bits per heavy atom. The third kappa shape index (κ3) is 4.16. The third-order valence-electron chi connectivity index (χ3n) is 7.58. The summed E-state index contributed by atoms with van der Waals surface area (Å²) in [5, 5.41) is 2.76. The number of hydrogen-bond acceptors (Lipinski definition) is 5. The Labute approximate surface area is 204 Å². The smallest absolute Gasteiger partial charge is 0.330 e. The number of nitrogens with one attached hydrogen (secondary N) is 1. The largest absolute Gasteiger partial charge is 0.454 e. The monoisotopic (exact) mass is 472 g/mol. The molecular formula is C28H28N2O5. The lowest BCUT2D eigenvalue weighted by Gasteiger charge is -2.26. The van der Waals surface area contributed by atoms with Crippen molar-refractivity contribution in [3.63, 3.8) is 0 Å². The zero-order chi connectivity index (χ0) is 24.7. The summed E-state index contributed by atoms with van der Waals surface area (Å²) >= 11 is 0. The van der Waals surface area contributed by atoms with Gasteiger partial charge in [0.25, 0.3) is 5.91 Å². The summed E-state index contributed by atoms with van der Waals surface area (Å²) in [7, 11) is 0. The Hall–Kier alpha value is -3.74. The fraction of sp³-hybridized carbons (Fsp3) is 0.357. The summed E-state index contributed by atoms with van der Waals surface area (Å²) in [4.78, 5) is 53.6. The van der Waals surface area contributed by atoms with Crippen LogP contribution in [0.2, 0.25) is 0 Å². The number of amides is 3. The van der Waals surface area contributed by atoms with Crippen LogP contribution in [0.3, 0.4) is 0 Å². The van der Waals surface area contributed by atoms with Gasteiger partial charge < -0.3 is 10.1 Å². The fourth-order valence-corrected chi connectivity index (χ4v) is 5.66. The number of hydrogen-bond donors (Lipinski definition) is 1. The standard InChI is InChI=1S/C28H28N2O5/c1-16-7-6-10-21(17(16)2)29-23(31)15-35-28(34)22(13-18-8-4-3-5-9-18)30-26(32)24-19-11-12-20(14-19)25(24)27(30)33/h3-12,19-20,22,24-25H,13-15H2,1-2H3,(H,29,31)/t19-,20-,22-,24-,25-/m0/s1. The van der Waals surface area contributed by atoms with E-state index in [0.717, 1.165) is 28.0 Å². The minimum atomic E-state index is -1.11. The number of nitrogens with zero attached hydrogens (tertiary/aromatic N) is 1. The van der Waals surface area contributed by atoms with Gasteiger partial charge in [-0.3, -0.25) is 19.3 Å². The van der Waals surface area contributed by atoms with Crippen molar-refractivity contribution in [2.45, 2.75) is 32.7 Å². The van der Waals surface area contributed by atoms with Crippen LogP contribution in [-0.2, 0) is 30.3 Å². The second kappa shape index (κ2) is 9.13. The molecule has 0 aromatic heterocycles. The van der Waals surface area contributed by atoms with Gasteiger partial charge in [-0.15, -0.1) is 0 Å². The lowest BCUT2D eigenvalue weighted by molar-refractivity contribution is -0.160. The number of likely N-dealkylation sites (tertiary alicyclic amines) is 1. The van der Waals surface area contributed by atoms with Gasteiger partial charge in [-0.1, -0.05) is 54.6 Å². The number of allylic oxidation sites excluding steroid dienone is 2. The van der Waals surface area contributed by atoms with Crippen LogP contribution in [0.15, 0.2) is 60.7 Å². The van der Waals surface area contributed by atoms with Crippen LogP contribution in [0, 0.1) is 37.5 Å². The summed E-state index contributed by atoms with van der Waals surface area (Å²) in [5.74, 6) is -2.58. The van der Waals surface area contributed by atoms with Crippen molar-refractivity contribution in [3.8, 4) is 0 Å². The molecule has 1 aliphatic heterocycles. The van der Waals surface area contributed by atoms with Crippen molar-refractivity contribution in [3.05, 3.63) is 77.4 Å². The van der Waals surface area contributed by atoms with E-state index in [9.17, 15) is 19.2 Å². The summed E-state index contributed by atoms with van der Waals surface area (Å²) < 4.78 is 5.37. The highest BCUT2D eigenvalue weighted by Gasteiger charge is 2.61. The quantitative estimate of drug-likeness (QED) is 0.380. The van der Waals surface area contributed by atoms with Gasteiger partial charge in [0.05, 0.1) is 11.8 Å². The molecule has 3 aliphatic rings. The maximum Gasteiger partial charge on any atom is 0.330 e. The minimum Gasteiger partial charge on any atom is -0.454 e. The minimum absolute atomic E-state index is 0.0446. The van der Waals surface area contributed by atoms with E-state index in [0.29, 0.717) is 5.69 Å². The van der Waals surface area contributed by atoms with E-state index < -0.39 is 36.4 Å². The average molecular weight is 473 g/mol. The Morgan fingerprint density at radius 3 is 2.29 bits per heavy atom. The number of imide groups is 1. The van der Waals surface area contributed by atoms with Gasteiger partial charge in [-0.25, -0.2) is 4.79 Å². The summed E-state index contributed by atoms with van der Waals surface area (Å²) in [6.07, 6.45) is 4.98. The number of aryl methyl sites for hydroxylation is 1. The van der Waals surface area contributed by atoms with Crippen LogP contribution in [-0.4, -0.2) is 41.2 Å². The number of fused-ring (bicyclic) bond motifs is 5. The van der Waals surface area contributed by atoms with Crippen molar-refractivity contribution < 1.29 is 23.9 Å². The molecule has 2 aromatic carbocycles. The molecule has 1 saturated heterocycles. The van der Waals surface area contributed by atoms with Gasteiger partial charge in [-0.2, -0.15) is 0 Å². The van der Waals surface area contributed by atoms with E-state index in [1.54, 1.807) is 6.07 Å². The lowest BCUT2D eigenvalue weighted by atomic mass is 9.85. The van der Waals surface area contributed by atoms with Crippen LogP contribution in [0.1, 0.15) is 23.1 Å². The number of anilines is 1. The molecule has 1 heterocycles. The SMILES string of the molecule is Cc1cccc(NC(=O)COC(=O)[C@H](Cc2ccccc2)N2C(=O)[C@@H]3[C@@H](C2=O)[C@H]2C=C[C@H]3C2)c1C. The molecule has 0 spiro atoms. The van der Waals surface area contributed by atoms with Gasteiger partial charge in [0.15, 0.2) is 6.61 Å². The average Bonchev–Trinajstić information content (AvgIpc) is 3.53. The van der Waals surface area contributed by atoms with Crippen molar-refractivity contribution in [1.82, 2.24) is 4.90 Å². The van der Waals surface area contributed by atoms with E-state index in [1.807, 2.05) is 68.5 Å². The topological polar surface area (TPSA) is 92.8 Å². The zero-order valence-electron chi connectivity index (χ0n) is 19.8. The van der Waals surface area contributed by atoms with E-state index >= 15 is 0 Å². The van der Waals surface area contributed by atoms with Crippen molar-refractivity contribution in [2.75, 3.05) is 11.9 Å². The van der Waals surface area contributed by atoms with E-state index in [2.05, 4.69) is 5.32 Å². The first-order chi connectivity index (χ1) is 16.8. The fourth-order valence-electron chi connectivity index (χ4n) is 5.66. The van der Waals surface area contributed by atoms with Crippen molar-refractivity contribution in [1.29, 1.82) is 0 Å². The molecule has 2 bridgehead atoms. The van der Waals surface area contributed by atoms with Gasteiger partial charge in [-0.05, 0) is 54.9 Å². The van der Waals surface area contributed by atoms with Gasteiger partial charge >= 0.3 is 5.97 Å². The molecular weight excluding hydrogens is 444 g/mol. The first-order valence-corrected chi connectivity index (χ1v) is 12.0. The molecule has 0 radical (unpaired) electrons. The van der Waals surface area contributed by atoms with Gasteiger partial charge in [0, 0.05) is 12.1 Å². The number of rotatable bonds is 7. The second-order valence-electron chi connectivity index (χ2n) is 9.66. The number of esters is 1. The Morgan fingerprint density at radius 2 is 1.63 bits per heavy atom. The first kappa shape index (κ1) is 23.0. The first-order valence-electron chi connectivity index (χ1n) is 12.0. The molecule has 2 aromatic rings. The normalized spacial score (nSPS) is 25.0. The van der Waals surface area contributed by atoms with E-state index in [4.69, 9.17) is 4.74 Å². The molecule has 7 nitrogen and oxygen atoms in total. The van der Waals surface area contributed by atoms with Crippen molar-refractivity contribution in [2.24, 2.45) is 23.7 Å². The number of benzene rings is 2. The highest BCUT2D eigenvalue weighted by atomic mass is 16.5. The van der Waals surface area contributed by atoms with Crippen LogP contribution in [0.5, 0.6) is 0 Å². The van der Waals surface area contributed by atoms with Gasteiger partial charge in [0.1, 0.15) is 6.04 Å². The predicted octanol–water partition coefficient (Wildman–Crippen LogP) is 3.20.